The third-order valence-electron chi connectivity index (χ3n) is 3.91. The Morgan fingerprint density at radius 3 is 2.87 bits per heavy atom. The number of nitrogens with one attached hydrogen (secondary N) is 1. The van der Waals surface area contributed by atoms with Gasteiger partial charge in [-0.3, -0.25) is 0 Å². The summed E-state index contributed by atoms with van der Waals surface area (Å²) in [5, 5.41) is 4.59. The molecule has 0 radical (unpaired) electrons. The number of thioether (sulfide) groups is 1. The van der Waals surface area contributed by atoms with Crippen LogP contribution in [0, 0.1) is 0 Å². The second-order valence-electron chi connectivity index (χ2n) is 5.01. The Morgan fingerprint density at radius 2 is 2.20 bits per heavy atom. The van der Waals surface area contributed by atoms with E-state index < -0.39 is 0 Å². The quantitative estimate of drug-likeness (QED) is 0.795. The Balaban J connectivity index is 1.72. The highest BCUT2D eigenvalue weighted by Crippen LogP contribution is 2.26. The van der Waals surface area contributed by atoms with Crippen molar-refractivity contribution >= 4 is 11.8 Å². The van der Waals surface area contributed by atoms with Gasteiger partial charge in [-0.25, -0.2) is 0 Å². The largest absolute Gasteiger partial charge is 0.311 e. The van der Waals surface area contributed by atoms with Gasteiger partial charge in [-0.15, -0.1) is 0 Å². The lowest BCUT2D eigenvalue weighted by atomic mass is 10.0. The van der Waals surface area contributed by atoms with Crippen LogP contribution in [0.4, 0.5) is 0 Å². The van der Waals surface area contributed by atoms with E-state index in [1.165, 1.54) is 44.5 Å². The number of hydrogen-bond acceptors (Lipinski definition) is 3. The molecule has 0 bridgehead atoms. The van der Waals surface area contributed by atoms with Gasteiger partial charge in [-0.05, 0) is 38.6 Å². The van der Waals surface area contributed by atoms with Crippen LogP contribution in [-0.4, -0.2) is 48.1 Å². The summed E-state index contributed by atoms with van der Waals surface area (Å²) in [4.78, 5) is 2.53. The molecule has 2 saturated heterocycles. The molecule has 3 unspecified atom stereocenters. The fourth-order valence-corrected chi connectivity index (χ4v) is 3.92. The van der Waals surface area contributed by atoms with Crippen LogP contribution in [0.25, 0.3) is 0 Å². The molecular formula is C12H24N2S. The Bertz CT molecular complexity index is 198. The highest BCUT2D eigenvalue weighted by molar-refractivity contribution is 8.00. The highest BCUT2D eigenvalue weighted by atomic mass is 32.2. The van der Waals surface area contributed by atoms with Crippen LogP contribution in [0.5, 0.6) is 0 Å². The SMILES string of the molecule is CC1SCCC1NCC1CCCCN1C. The zero-order valence-corrected chi connectivity index (χ0v) is 10.9. The van der Waals surface area contributed by atoms with Crippen LogP contribution < -0.4 is 5.32 Å². The van der Waals surface area contributed by atoms with Gasteiger partial charge in [-0.2, -0.15) is 11.8 Å². The van der Waals surface area contributed by atoms with Crippen molar-refractivity contribution in [1.82, 2.24) is 10.2 Å². The van der Waals surface area contributed by atoms with Gasteiger partial charge in [0.2, 0.25) is 0 Å². The summed E-state index contributed by atoms with van der Waals surface area (Å²) in [6.45, 7) is 4.85. The summed E-state index contributed by atoms with van der Waals surface area (Å²) in [6.07, 6.45) is 5.56. The lowest BCUT2D eigenvalue weighted by molar-refractivity contribution is 0.177. The minimum Gasteiger partial charge on any atom is -0.311 e. The van der Waals surface area contributed by atoms with Crippen molar-refractivity contribution < 1.29 is 0 Å². The molecule has 0 aliphatic carbocycles. The summed E-state index contributed by atoms with van der Waals surface area (Å²) in [5.74, 6) is 1.35. The standard InChI is InChI=1S/C12H24N2S/c1-10-12(6-8-15-10)13-9-11-5-3-4-7-14(11)2/h10-13H,3-9H2,1-2H3. The molecule has 2 heterocycles. The van der Waals surface area contributed by atoms with E-state index in [1.54, 1.807) is 0 Å². The van der Waals surface area contributed by atoms with Crippen molar-refractivity contribution in [2.45, 2.75) is 49.9 Å². The average Bonchev–Trinajstić information content (AvgIpc) is 2.63. The van der Waals surface area contributed by atoms with E-state index in [0.29, 0.717) is 0 Å². The summed E-state index contributed by atoms with van der Waals surface area (Å²) < 4.78 is 0. The van der Waals surface area contributed by atoms with E-state index in [2.05, 4.69) is 35.9 Å². The molecule has 3 heteroatoms. The maximum Gasteiger partial charge on any atom is 0.0217 e. The van der Waals surface area contributed by atoms with Crippen LogP contribution in [0.1, 0.15) is 32.6 Å². The summed E-state index contributed by atoms with van der Waals surface area (Å²) in [6, 6.07) is 1.56. The van der Waals surface area contributed by atoms with E-state index in [9.17, 15) is 0 Å². The maximum atomic E-state index is 3.77. The van der Waals surface area contributed by atoms with Gasteiger partial charge in [0.05, 0.1) is 0 Å². The third-order valence-corrected chi connectivity index (χ3v) is 5.24. The molecule has 2 nitrogen and oxygen atoms in total. The van der Waals surface area contributed by atoms with E-state index >= 15 is 0 Å². The normalized spacial score (nSPS) is 38.4. The Labute approximate surface area is 98.2 Å². The number of hydrogen-bond donors (Lipinski definition) is 1. The molecule has 0 amide bonds. The number of likely N-dealkylation sites (N-methyl/N-ethyl adjacent to an activating group) is 1. The molecule has 0 aromatic rings. The van der Waals surface area contributed by atoms with Crippen molar-refractivity contribution in [1.29, 1.82) is 0 Å². The van der Waals surface area contributed by atoms with E-state index in [-0.39, 0.29) is 0 Å². The predicted octanol–water partition coefficient (Wildman–Crippen LogP) is 1.95. The minimum absolute atomic E-state index is 0.769. The molecule has 3 atom stereocenters. The summed E-state index contributed by atoms with van der Waals surface area (Å²) in [5.41, 5.74) is 0. The molecule has 88 valence electrons. The first kappa shape index (κ1) is 11.7. The fourth-order valence-electron chi connectivity index (χ4n) is 2.69. The Morgan fingerprint density at radius 1 is 1.33 bits per heavy atom. The molecule has 0 saturated carbocycles. The van der Waals surface area contributed by atoms with Crippen molar-refractivity contribution in [3.8, 4) is 0 Å². The molecule has 2 rings (SSSR count). The Kier molecular flexibility index (Phi) is 4.35. The van der Waals surface area contributed by atoms with Gasteiger partial charge < -0.3 is 10.2 Å². The number of rotatable bonds is 3. The summed E-state index contributed by atoms with van der Waals surface area (Å²) >= 11 is 2.12. The molecule has 2 aliphatic heterocycles. The zero-order chi connectivity index (χ0) is 10.7. The first-order chi connectivity index (χ1) is 7.27. The predicted molar refractivity (Wildman–Crippen MR) is 68.6 cm³/mol. The van der Waals surface area contributed by atoms with Crippen LogP contribution in [-0.2, 0) is 0 Å². The van der Waals surface area contributed by atoms with E-state index in [4.69, 9.17) is 0 Å². The fraction of sp³-hybridized carbons (Fsp3) is 1.00. The summed E-state index contributed by atoms with van der Waals surface area (Å²) in [7, 11) is 2.28. The second-order valence-corrected chi connectivity index (χ2v) is 6.49. The molecule has 2 aliphatic rings. The number of likely N-dealkylation sites (tertiary alicyclic amines) is 1. The smallest absolute Gasteiger partial charge is 0.0217 e. The van der Waals surface area contributed by atoms with Crippen molar-refractivity contribution in [3.05, 3.63) is 0 Å². The van der Waals surface area contributed by atoms with Crippen molar-refractivity contribution in [2.24, 2.45) is 0 Å². The van der Waals surface area contributed by atoms with Gasteiger partial charge >= 0.3 is 0 Å². The first-order valence-electron chi connectivity index (χ1n) is 6.32. The number of nitrogens with zero attached hydrogens (tertiary/aromatic N) is 1. The van der Waals surface area contributed by atoms with Gasteiger partial charge in [0, 0.05) is 23.9 Å². The molecular weight excluding hydrogens is 204 g/mol. The van der Waals surface area contributed by atoms with Crippen LogP contribution >= 0.6 is 11.8 Å². The van der Waals surface area contributed by atoms with E-state index in [1.807, 2.05) is 0 Å². The Hall–Kier alpha value is 0.270. The lowest BCUT2D eigenvalue weighted by Crippen LogP contribution is -2.46. The number of piperidine rings is 1. The lowest BCUT2D eigenvalue weighted by Gasteiger charge is -2.33. The van der Waals surface area contributed by atoms with Crippen LogP contribution in [0.2, 0.25) is 0 Å². The average molecular weight is 228 g/mol. The molecule has 1 N–H and O–H groups in total. The minimum atomic E-state index is 0.769. The topological polar surface area (TPSA) is 15.3 Å². The molecule has 0 aromatic carbocycles. The van der Waals surface area contributed by atoms with Crippen LogP contribution in [0.15, 0.2) is 0 Å². The van der Waals surface area contributed by atoms with Crippen molar-refractivity contribution in [3.63, 3.8) is 0 Å². The molecule has 0 aromatic heterocycles. The monoisotopic (exact) mass is 228 g/mol. The van der Waals surface area contributed by atoms with Crippen LogP contribution in [0.3, 0.4) is 0 Å². The third kappa shape index (κ3) is 3.11. The zero-order valence-electron chi connectivity index (χ0n) is 10.0. The molecule has 15 heavy (non-hydrogen) atoms. The van der Waals surface area contributed by atoms with Crippen molar-refractivity contribution in [2.75, 3.05) is 25.9 Å². The highest BCUT2D eigenvalue weighted by Gasteiger charge is 2.25. The van der Waals surface area contributed by atoms with Gasteiger partial charge in [-0.1, -0.05) is 13.3 Å². The first-order valence-corrected chi connectivity index (χ1v) is 7.37. The maximum absolute atomic E-state index is 3.77. The van der Waals surface area contributed by atoms with E-state index in [0.717, 1.165) is 17.3 Å². The molecule has 0 spiro atoms. The van der Waals surface area contributed by atoms with Gasteiger partial charge in [0.25, 0.3) is 0 Å². The van der Waals surface area contributed by atoms with Gasteiger partial charge in [0.15, 0.2) is 0 Å². The van der Waals surface area contributed by atoms with Gasteiger partial charge in [0.1, 0.15) is 0 Å². The second kappa shape index (κ2) is 5.55. The molecule has 2 fully saturated rings.